The number of carbonyl (C=O) groups is 1. The van der Waals surface area contributed by atoms with E-state index in [0.717, 1.165) is 39.1 Å². The van der Waals surface area contributed by atoms with Crippen molar-refractivity contribution in [3.8, 4) is 0 Å². The minimum absolute atomic E-state index is 0.0522. The van der Waals surface area contributed by atoms with E-state index in [2.05, 4.69) is 34.5 Å². The fourth-order valence-corrected chi connectivity index (χ4v) is 3.77. The quantitative estimate of drug-likeness (QED) is 0.928. The molecule has 1 atom stereocenters. The smallest absolute Gasteiger partial charge is 0.217 e. The number of ether oxygens (including phenoxy) is 1. The number of nitrogens with one attached hydrogen (secondary N) is 1. The predicted molar refractivity (Wildman–Crippen MR) is 86.6 cm³/mol. The van der Waals surface area contributed by atoms with E-state index in [-0.39, 0.29) is 11.4 Å². The number of carbonyl (C=O) groups excluding carboxylic acids is 1. The van der Waals surface area contributed by atoms with E-state index in [1.54, 1.807) is 6.92 Å². The summed E-state index contributed by atoms with van der Waals surface area (Å²) in [6.07, 6.45) is 4.71. The Bertz CT molecular complexity index is 489. The van der Waals surface area contributed by atoms with Gasteiger partial charge in [0.2, 0.25) is 5.91 Å². The van der Waals surface area contributed by atoms with E-state index in [1.165, 1.54) is 18.4 Å². The van der Waals surface area contributed by atoms with Crippen molar-refractivity contribution in [1.29, 1.82) is 0 Å². The highest BCUT2D eigenvalue weighted by Gasteiger charge is 2.37. The molecular weight excluding hydrogens is 276 g/mol. The van der Waals surface area contributed by atoms with Gasteiger partial charge in [0.1, 0.15) is 0 Å². The maximum Gasteiger partial charge on any atom is 0.217 e. The monoisotopic (exact) mass is 302 g/mol. The number of likely N-dealkylation sites (tertiary alicyclic amines) is 1. The zero-order valence-electron chi connectivity index (χ0n) is 13.4. The van der Waals surface area contributed by atoms with Crippen LogP contribution in [-0.2, 0) is 15.1 Å². The molecular formula is C18H26N2O2. The van der Waals surface area contributed by atoms with Crippen LogP contribution in [0.15, 0.2) is 30.3 Å². The van der Waals surface area contributed by atoms with Gasteiger partial charge in [0.05, 0.1) is 11.6 Å². The molecule has 0 spiro atoms. The lowest BCUT2D eigenvalue weighted by molar-refractivity contribution is -0.121. The number of nitrogens with zero attached hydrogens (tertiary/aromatic N) is 1. The maximum atomic E-state index is 11.7. The van der Waals surface area contributed by atoms with Gasteiger partial charge in [-0.3, -0.25) is 4.79 Å². The summed E-state index contributed by atoms with van der Waals surface area (Å²) in [5.41, 5.74) is 1.02. The first-order chi connectivity index (χ1) is 10.7. The third-order valence-electron chi connectivity index (χ3n) is 4.94. The molecule has 2 heterocycles. The van der Waals surface area contributed by atoms with Crippen LogP contribution in [0, 0.1) is 0 Å². The van der Waals surface area contributed by atoms with Gasteiger partial charge in [-0.05, 0) is 31.2 Å². The molecule has 1 unspecified atom stereocenters. The van der Waals surface area contributed by atoms with Gasteiger partial charge in [-0.15, -0.1) is 0 Å². The van der Waals surface area contributed by atoms with E-state index < -0.39 is 0 Å². The lowest BCUT2D eigenvalue weighted by Gasteiger charge is -2.43. The molecule has 1 N–H and O–H groups in total. The Balaban J connectivity index is 1.67. The van der Waals surface area contributed by atoms with Crippen molar-refractivity contribution in [2.45, 2.75) is 44.2 Å². The lowest BCUT2D eigenvalue weighted by atomic mass is 9.80. The predicted octanol–water partition coefficient (Wildman–Crippen LogP) is 2.29. The van der Waals surface area contributed by atoms with Crippen molar-refractivity contribution >= 4 is 5.91 Å². The van der Waals surface area contributed by atoms with Gasteiger partial charge in [0.15, 0.2) is 0 Å². The average molecular weight is 302 g/mol. The topological polar surface area (TPSA) is 41.6 Å². The van der Waals surface area contributed by atoms with Crippen LogP contribution in [0.1, 0.15) is 38.2 Å². The Morgan fingerprint density at radius 1 is 1.32 bits per heavy atom. The van der Waals surface area contributed by atoms with Gasteiger partial charge in [-0.2, -0.15) is 0 Å². The fraction of sp³-hybridized carbons (Fsp3) is 0.611. The molecule has 1 aromatic carbocycles. The molecule has 2 saturated heterocycles. The van der Waals surface area contributed by atoms with Crippen LogP contribution in [0.2, 0.25) is 0 Å². The summed E-state index contributed by atoms with van der Waals surface area (Å²) >= 11 is 0. The number of piperidine rings is 1. The maximum absolute atomic E-state index is 11.7. The minimum atomic E-state index is -0.208. The molecule has 0 aliphatic carbocycles. The van der Waals surface area contributed by atoms with Gasteiger partial charge < -0.3 is 15.0 Å². The van der Waals surface area contributed by atoms with Crippen LogP contribution in [0.4, 0.5) is 0 Å². The fourth-order valence-electron chi connectivity index (χ4n) is 3.77. The zero-order valence-corrected chi connectivity index (χ0v) is 13.4. The summed E-state index contributed by atoms with van der Waals surface area (Å²) in [7, 11) is 0. The molecule has 4 nitrogen and oxygen atoms in total. The van der Waals surface area contributed by atoms with Crippen molar-refractivity contribution in [2.75, 3.05) is 26.2 Å². The highest BCUT2D eigenvalue weighted by atomic mass is 16.5. The van der Waals surface area contributed by atoms with Crippen molar-refractivity contribution in [1.82, 2.24) is 10.2 Å². The molecule has 0 aromatic heterocycles. The summed E-state index contributed by atoms with van der Waals surface area (Å²) < 4.78 is 5.75. The average Bonchev–Trinajstić information content (AvgIpc) is 3.03. The second-order valence-electron chi connectivity index (χ2n) is 6.56. The summed E-state index contributed by atoms with van der Waals surface area (Å²) in [5.74, 6) is 0.0522. The van der Waals surface area contributed by atoms with Gasteiger partial charge in [0.25, 0.3) is 0 Å². The van der Waals surface area contributed by atoms with Crippen LogP contribution in [0.25, 0.3) is 0 Å². The van der Waals surface area contributed by atoms with Gasteiger partial charge in [-0.25, -0.2) is 0 Å². The van der Waals surface area contributed by atoms with E-state index >= 15 is 0 Å². The number of rotatable bonds is 4. The molecule has 1 amide bonds. The highest BCUT2D eigenvalue weighted by molar-refractivity contribution is 5.74. The van der Waals surface area contributed by atoms with E-state index in [9.17, 15) is 4.79 Å². The van der Waals surface area contributed by atoms with Crippen LogP contribution < -0.4 is 5.32 Å². The molecule has 0 bridgehead atoms. The Morgan fingerprint density at radius 2 is 2.05 bits per heavy atom. The molecule has 0 saturated carbocycles. The highest BCUT2D eigenvalue weighted by Crippen LogP contribution is 2.33. The third kappa shape index (κ3) is 3.50. The first-order valence-corrected chi connectivity index (χ1v) is 8.36. The Hall–Kier alpha value is -1.39. The Kier molecular flexibility index (Phi) is 4.79. The molecule has 2 aliphatic rings. The van der Waals surface area contributed by atoms with Crippen LogP contribution in [0.3, 0.4) is 0 Å². The molecule has 4 heteroatoms. The molecule has 2 fully saturated rings. The molecule has 120 valence electrons. The van der Waals surface area contributed by atoms with Gasteiger partial charge in [0, 0.05) is 33.2 Å². The van der Waals surface area contributed by atoms with Gasteiger partial charge in [-0.1, -0.05) is 30.3 Å². The van der Waals surface area contributed by atoms with Crippen molar-refractivity contribution in [3.63, 3.8) is 0 Å². The zero-order chi connectivity index (χ0) is 15.4. The number of amides is 1. The Morgan fingerprint density at radius 3 is 2.64 bits per heavy atom. The van der Waals surface area contributed by atoms with Crippen molar-refractivity contribution in [3.05, 3.63) is 35.9 Å². The van der Waals surface area contributed by atoms with E-state index in [0.29, 0.717) is 6.10 Å². The first-order valence-electron chi connectivity index (χ1n) is 8.36. The minimum Gasteiger partial charge on any atom is -0.377 e. The van der Waals surface area contributed by atoms with Crippen LogP contribution in [-0.4, -0.2) is 43.2 Å². The van der Waals surface area contributed by atoms with Crippen LogP contribution in [0.5, 0.6) is 0 Å². The SMILES string of the molecule is CC(=O)NC1(c2ccccc2)CCN(CC2CCCO2)CC1. The molecule has 22 heavy (non-hydrogen) atoms. The van der Waals surface area contributed by atoms with Crippen molar-refractivity contribution < 1.29 is 9.53 Å². The molecule has 1 aromatic rings. The lowest BCUT2D eigenvalue weighted by Crippen LogP contribution is -2.53. The number of hydrogen-bond acceptors (Lipinski definition) is 3. The largest absolute Gasteiger partial charge is 0.377 e. The molecule has 3 rings (SSSR count). The normalized spacial score (nSPS) is 25.0. The van der Waals surface area contributed by atoms with E-state index in [1.807, 2.05) is 6.07 Å². The van der Waals surface area contributed by atoms with E-state index in [4.69, 9.17) is 4.74 Å². The standard InChI is InChI=1S/C18H26N2O2/c1-15(21)19-18(16-6-3-2-4-7-16)9-11-20(12-10-18)14-17-8-5-13-22-17/h2-4,6-7,17H,5,8-14H2,1H3,(H,19,21). The second kappa shape index (κ2) is 6.80. The molecule has 0 radical (unpaired) electrons. The second-order valence-corrected chi connectivity index (χ2v) is 6.56. The molecule has 2 aliphatic heterocycles. The number of hydrogen-bond donors (Lipinski definition) is 1. The summed E-state index contributed by atoms with van der Waals surface area (Å²) in [4.78, 5) is 14.2. The number of benzene rings is 1. The first kappa shape index (κ1) is 15.5. The summed E-state index contributed by atoms with van der Waals surface area (Å²) in [6, 6.07) is 10.4. The van der Waals surface area contributed by atoms with Gasteiger partial charge >= 0.3 is 0 Å². The third-order valence-corrected chi connectivity index (χ3v) is 4.94. The van der Waals surface area contributed by atoms with Crippen LogP contribution >= 0.6 is 0 Å². The summed E-state index contributed by atoms with van der Waals surface area (Å²) in [5, 5.41) is 3.23. The summed E-state index contributed by atoms with van der Waals surface area (Å²) in [6.45, 7) is 5.58. The van der Waals surface area contributed by atoms with Crippen molar-refractivity contribution in [2.24, 2.45) is 0 Å². The Labute approximate surface area is 132 Å².